The number of nitrogens with zero attached hydrogens (tertiary/aromatic N) is 3. The van der Waals surface area contributed by atoms with Crippen molar-refractivity contribution in [1.82, 2.24) is 9.80 Å². The first-order chi connectivity index (χ1) is 13.7. The molecular formula is C22H24ClN3O2. The van der Waals surface area contributed by atoms with Crippen LogP contribution in [0.3, 0.4) is 0 Å². The molecule has 1 unspecified atom stereocenters. The number of piperazine rings is 1. The number of hydrogen-bond donors (Lipinski definition) is 0. The van der Waals surface area contributed by atoms with Crippen LogP contribution in [0.15, 0.2) is 54.6 Å². The molecule has 5 nitrogen and oxygen atoms in total. The zero-order chi connectivity index (χ0) is 19.8. The smallest absolute Gasteiger partial charge is 0.222 e. The lowest BCUT2D eigenvalue weighted by atomic mass is 10.1. The summed E-state index contributed by atoms with van der Waals surface area (Å²) in [5, 5.41) is 10.2. The molecule has 0 saturated carbocycles. The van der Waals surface area contributed by atoms with Crippen molar-refractivity contribution in [3.05, 3.63) is 65.2 Å². The lowest BCUT2D eigenvalue weighted by Gasteiger charge is -2.37. The minimum absolute atomic E-state index is 0.141. The zero-order valence-corrected chi connectivity index (χ0v) is 16.5. The standard InChI is InChI=1S/C22H24ClN3O2/c23-20-10-5-4-9-19(20)21(17-24)25-12-14-26(15-13-25)22(27)11-6-16-28-18-7-2-1-3-8-18/h1-5,7-10,21H,6,11-16H2. The van der Waals surface area contributed by atoms with E-state index in [9.17, 15) is 10.1 Å². The van der Waals surface area contributed by atoms with Crippen LogP contribution in [-0.2, 0) is 4.79 Å². The van der Waals surface area contributed by atoms with E-state index in [0.29, 0.717) is 50.7 Å². The van der Waals surface area contributed by atoms with Crippen molar-refractivity contribution >= 4 is 17.5 Å². The van der Waals surface area contributed by atoms with Gasteiger partial charge in [-0.2, -0.15) is 5.26 Å². The molecule has 0 N–H and O–H groups in total. The summed E-state index contributed by atoms with van der Waals surface area (Å²) in [5.41, 5.74) is 0.824. The third kappa shape index (κ3) is 5.25. The van der Waals surface area contributed by atoms with Gasteiger partial charge in [0.05, 0.1) is 12.7 Å². The van der Waals surface area contributed by atoms with E-state index in [1.807, 2.05) is 53.4 Å². The van der Waals surface area contributed by atoms with Gasteiger partial charge in [-0.3, -0.25) is 9.69 Å². The van der Waals surface area contributed by atoms with Crippen molar-refractivity contribution in [1.29, 1.82) is 5.26 Å². The summed E-state index contributed by atoms with van der Waals surface area (Å²) in [5.74, 6) is 0.966. The van der Waals surface area contributed by atoms with E-state index < -0.39 is 0 Å². The first-order valence-corrected chi connectivity index (χ1v) is 9.90. The Hall–Kier alpha value is -2.55. The van der Waals surface area contributed by atoms with Crippen LogP contribution in [-0.4, -0.2) is 48.5 Å². The van der Waals surface area contributed by atoms with Crippen molar-refractivity contribution < 1.29 is 9.53 Å². The lowest BCUT2D eigenvalue weighted by molar-refractivity contribution is -0.133. The number of hydrogen-bond acceptors (Lipinski definition) is 4. The molecule has 2 aromatic carbocycles. The molecule has 1 aliphatic rings. The van der Waals surface area contributed by atoms with E-state index >= 15 is 0 Å². The minimum atomic E-state index is -0.384. The molecule has 2 aromatic rings. The van der Waals surface area contributed by atoms with Gasteiger partial charge in [-0.05, 0) is 24.6 Å². The predicted molar refractivity (Wildman–Crippen MR) is 109 cm³/mol. The first kappa shape index (κ1) is 20.2. The third-order valence-electron chi connectivity index (χ3n) is 4.90. The van der Waals surface area contributed by atoms with Crippen molar-refractivity contribution in [2.75, 3.05) is 32.8 Å². The summed E-state index contributed by atoms with van der Waals surface area (Å²) in [6, 6.07) is 19.0. The third-order valence-corrected chi connectivity index (χ3v) is 5.25. The highest BCUT2D eigenvalue weighted by Crippen LogP contribution is 2.27. The highest BCUT2D eigenvalue weighted by Gasteiger charge is 2.27. The molecule has 6 heteroatoms. The average molecular weight is 398 g/mol. The predicted octanol–water partition coefficient (Wildman–Crippen LogP) is 3.91. The van der Waals surface area contributed by atoms with Crippen molar-refractivity contribution in [2.24, 2.45) is 0 Å². The minimum Gasteiger partial charge on any atom is -0.494 e. The summed E-state index contributed by atoms with van der Waals surface area (Å²) >= 11 is 6.26. The van der Waals surface area contributed by atoms with Gasteiger partial charge in [0.15, 0.2) is 0 Å². The van der Waals surface area contributed by atoms with Crippen LogP contribution in [0.1, 0.15) is 24.4 Å². The number of nitriles is 1. The number of carbonyl (C=O) groups is 1. The topological polar surface area (TPSA) is 56.6 Å². The van der Waals surface area contributed by atoms with Gasteiger partial charge >= 0.3 is 0 Å². The van der Waals surface area contributed by atoms with Gasteiger partial charge in [0.2, 0.25) is 5.91 Å². The highest BCUT2D eigenvalue weighted by molar-refractivity contribution is 6.31. The van der Waals surface area contributed by atoms with Gasteiger partial charge in [-0.15, -0.1) is 0 Å². The molecular weight excluding hydrogens is 374 g/mol. The van der Waals surface area contributed by atoms with Crippen molar-refractivity contribution in [3.63, 3.8) is 0 Å². The number of benzene rings is 2. The lowest BCUT2D eigenvalue weighted by Crippen LogP contribution is -2.49. The molecule has 0 aromatic heterocycles. The molecule has 28 heavy (non-hydrogen) atoms. The number of halogens is 1. The molecule has 146 valence electrons. The summed E-state index contributed by atoms with van der Waals surface area (Å²) in [6.07, 6.45) is 1.16. The Labute approximate surface area is 171 Å². The molecule has 1 atom stereocenters. The molecule has 1 aliphatic heterocycles. The van der Waals surface area contributed by atoms with Crippen LogP contribution in [0.5, 0.6) is 5.75 Å². The maximum absolute atomic E-state index is 12.4. The Morgan fingerprint density at radius 2 is 1.75 bits per heavy atom. The monoisotopic (exact) mass is 397 g/mol. The van der Waals surface area contributed by atoms with E-state index in [2.05, 4.69) is 11.0 Å². The number of amides is 1. The fourth-order valence-corrected chi connectivity index (χ4v) is 3.60. The Morgan fingerprint density at radius 1 is 1.07 bits per heavy atom. The Kier molecular flexibility index (Phi) is 7.30. The van der Waals surface area contributed by atoms with Crippen LogP contribution in [0, 0.1) is 11.3 Å². The van der Waals surface area contributed by atoms with Gasteiger partial charge in [0.25, 0.3) is 0 Å². The van der Waals surface area contributed by atoms with Gasteiger partial charge in [0.1, 0.15) is 11.8 Å². The van der Waals surface area contributed by atoms with E-state index in [4.69, 9.17) is 16.3 Å². The average Bonchev–Trinajstić information content (AvgIpc) is 2.74. The van der Waals surface area contributed by atoms with E-state index in [-0.39, 0.29) is 11.9 Å². The molecule has 0 aliphatic carbocycles. The van der Waals surface area contributed by atoms with Gasteiger partial charge in [-0.1, -0.05) is 48.0 Å². The normalized spacial score (nSPS) is 15.6. The Morgan fingerprint density at radius 3 is 2.43 bits per heavy atom. The second-order valence-corrected chi connectivity index (χ2v) is 7.14. The summed E-state index contributed by atoms with van der Waals surface area (Å²) in [6.45, 7) is 3.10. The van der Waals surface area contributed by atoms with Crippen LogP contribution in [0.2, 0.25) is 5.02 Å². The second-order valence-electron chi connectivity index (χ2n) is 6.73. The van der Waals surface area contributed by atoms with Crippen molar-refractivity contribution in [2.45, 2.75) is 18.9 Å². The zero-order valence-electron chi connectivity index (χ0n) is 15.8. The van der Waals surface area contributed by atoms with E-state index in [1.54, 1.807) is 6.07 Å². The maximum atomic E-state index is 12.4. The largest absolute Gasteiger partial charge is 0.494 e. The molecule has 0 radical (unpaired) electrons. The molecule has 1 heterocycles. The number of para-hydroxylation sites is 1. The van der Waals surface area contributed by atoms with Gasteiger partial charge in [-0.25, -0.2) is 0 Å². The number of carbonyl (C=O) groups excluding carboxylic acids is 1. The SMILES string of the molecule is N#CC(c1ccccc1Cl)N1CCN(C(=O)CCCOc2ccccc2)CC1. The van der Waals surface area contributed by atoms with E-state index in [1.165, 1.54) is 0 Å². The number of rotatable bonds is 7. The summed E-state index contributed by atoms with van der Waals surface area (Å²) in [7, 11) is 0. The highest BCUT2D eigenvalue weighted by atomic mass is 35.5. The molecule has 0 spiro atoms. The van der Waals surface area contributed by atoms with Crippen LogP contribution >= 0.6 is 11.6 Å². The second kappa shape index (κ2) is 10.1. The van der Waals surface area contributed by atoms with Crippen LogP contribution in [0.25, 0.3) is 0 Å². The number of ether oxygens (including phenoxy) is 1. The van der Waals surface area contributed by atoms with Crippen molar-refractivity contribution in [3.8, 4) is 11.8 Å². The molecule has 3 rings (SSSR count). The van der Waals surface area contributed by atoms with Crippen LogP contribution in [0.4, 0.5) is 0 Å². The quantitative estimate of drug-likeness (QED) is 0.665. The first-order valence-electron chi connectivity index (χ1n) is 9.53. The molecule has 1 amide bonds. The molecule has 1 saturated heterocycles. The van der Waals surface area contributed by atoms with Gasteiger partial charge < -0.3 is 9.64 Å². The Balaban J connectivity index is 1.43. The molecule has 0 bridgehead atoms. The van der Waals surface area contributed by atoms with E-state index in [0.717, 1.165) is 11.3 Å². The maximum Gasteiger partial charge on any atom is 0.222 e. The fourth-order valence-electron chi connectivity index (χ4n) is 3.36. The fraction of sp³-hybridized carbons (Fsp3) is 0.364. The molecule has 1 fully saturated rings. The van der Waals surface area contributed by atoms with Crippen LogP contribution < -0.4 is 4.74 Å². The summed E-state index contributed by atoms with van der Waals surface area (Å²) < 4.78 is 5.64. The summed E-state index contributed by atoms with van der Waals surface area (Å²) in [4.78, 5) is 16.4. The Bertz CT molecular complexity index is 814. The van der Waals surface area contributed by atoms with Gasteiger partial charge in [0, 0.05) is 43.2 Å².